The Bertz CT molecular complexity index is 793. The minimum Gasteiger partial charge on any atom is -0.301 e. The Balaban J connectivity index is 1.97. The van der Waals surface area contributed by atoms with E-state index in [4.69, 9.17) is 0 Å². The third-order valence-corrected chi connectivity index (χ3v) is 5.00. The van der Waals surface area contributed by atoms with Gasteiger partial charge in [-0.2, -0.15) is 0 Å². The van der Waals surface area contributed by atoms with Gasteiger partial charge in [0.15, 0.2) is 0 Å². The molecule has 2 amide bonds. The number of carbonyl (C=O) groups is 2. The number of aryl methyl sites for hydroxylation is 6. The first-order chi connectivity index (χ1) is 12.2. The molecule has 2 aromatic rings. The van der Waals surface area contributed by atoms with Gasteiger partial charge in [-0.3, -0.25) is 9.59 Å². The lowest BCUT2D eigenvalue weighted by Crippen LogP contribution is -2.55. The summed E-state index contributed by atoms with van der Waals surface area (Å²) < 4.78 is 0. The maximum atomic E-state index is 12.9. The van der Waals surface area contributed by atoms with E-state index in [1.54, 1.807) is 9.80 Å². The quantitative estimate of drug-likeness (QED) is 0.824. The topological polar surface area (TPSA) is 40.6 Å². The lowest BCUT2D eigenvalue weighted by molar-refractivity contribution is -0.125. The van der Waals surface area contributed by atoms with E-state index in [1.807, 2.05) is 41.5 Å². The molecule has 4 nitrogen and oxygen atoms in total. The van der Waals surface area contributed by atoms with Crippen molar-refractivity contribution in [2.24, 2.45) is 0 Å². The highest BCUT2D eigenvalue weighted by molar-refractivity contribution is 6.13. The lowest BCUT2D eigenvalue weighted by Gasteiger charge is -2.36. The van der Waals surface area contributed by atoms with Gasteiger partial charge in [-0.05, 0) is 63.8 Å². The molecule has 1 saturated heterocycles. The maximum Gasteiger partial charge on any atom is 0.247 e. The van der Waals surface area contributed by atoms with E-state index < -0.39 is 0 Å². The van der Waals surface area contributed by atoms with Gasteiger partial charge < -0.3 is 9.80 Å². The van der Waals surface area contributed by atoms with Crippen LogP contribution < -0.4 is 9.80 Å². The number of benzene rings is 2. The number of piperazine rings is 1. The molecule has 1 heterocycles. The summed E-state index contributed by atoms with van der Waals surface area (Å²) in [7, 11) is 0. The second-order valence-electron chi connectivity index (χ2n) is 7.45. The van der Waals surface area contributed by atoms with Crippen LogP contribution in [0.1, 0.15) is 33.4 Å². The lowest BCUT2D eigenvalue weighted by atomic mass is 10.0. The molecule has 136 valence electrons. The number of hydrogen-bond acceptors (Lipinski definition) is 2. The molecule has 3 rings (SSSR count). The van der Waals surface area contributed by atoms with Crippen LogP contribution in [0.5, 0.6) is 0 Å². The third kappa shape index (κ3) is 3.12. The van der Waals surface area contributed by atoms with Crippen LogP contribution in [0, 0.1) is 41.5 Å². The van der Waals surface area contributed by atoms with Crippen LogP contribution in [-0.4, -0.2) is 24.9 Å². The van der Waals surface area contributed by atoms with E-state index in [0.29, 0.717) is 0 Å². The summed E-state index contributed by atoms with van der Waals surface area (Å²) >= 11 is 0. The zero-order valence-electron chi connectivity index (χ0n) is 16.4. The normalized spacial score (nSPS) is 15.0. The summed E-state index contributed by atoms with van der Waals surface area (Å²) in [5, 5.41) is 0. The van der Waals surface area contributed by atoms with Crippen molar-refractivity contribution in [1.29, 1.82) is 0 Å². The van der Waals surface area contributed by atoms with Crippen molar-refractivity contribution in [3.63, 3.8) is 0 Å². The van der Waals surface area contributed by atoms with E-state index in [1.165, 1.54) is 0 Å². The van der Waals surface area contributed by atoms with E-state index >= 15 is 0 Å². The number of carbonyl (C=O) groups excluding carboxylic acids is 2. The molecule has 1 aliphatic heterocycles. The smallest absolute Gasteiger partial charge is 0.247 e. The standard InChI is InChI=1S/C22H26N2O2/c1-13-7-15(3)21(16(4)8-13)23-11-20(26)24(12-19(23)25)22-17(5)9-14(2)10-18(22)6/h7-10H,11-12H2,1-6H3. The van der Waals surface area contributed by atoms with Crippen molar-refractivity contribution < 1.29 is 9.59 Å². The average Bonchev–Trinajstić information content (AvgIpc) is 2.49. The summed E-state index contributed by atoms with van der Waals surface area (Å²) in [5.41, 5.74) is 8.16. The number of hydrogen-bond donors (Lipinski definition) is 0. The zero-order valence-corrected chi connectivity index (χ0v) is 16.4. The molecule has 0 spiro atoms. The summed E-state index contributed by atoms with van der Waals surface area (Å²) in [6, 6.07) is 8.23. The molecule has 0 unspecified atom stereocenters. The fourth-order valence-electron chi connectivity index (χ4n) is 4.22. The van der Waals surface area contributed by atoms with Crippen LogP contribution in [0.4, 0.5) is 11.4 Å². The SMILES string of the molecule is Cc1cc(C)c(N2CC(=O)N(c3c(C)cc(C)cc3C)CC2=O)c(C)c1. The van der Waals surface area contributed by atoms with E-state index in [9.17, 15) is 9.59 Å². The molecule has 4 heteroatoms. The second kappa shape index (κ2) is 6.60. The largest absolute Gasteiger partial charge is 0.301 e. The molecule has 0 atom stereocenters. The van der Waals surface area contributed by atoms with Crippen LogP contribution >= 0.6 is 0 Å². The first-order valence-electron chi connectivity index (χ1n) is 8.95. The Kier molecular flexibility index (Phi) is 4.61. The first kappa shape index (κ1) is 18.2. The van der Waals surface area contributed by atoms with Crippen molar-refractivity contribution >= 4 is 23.2 Å². The van der Waals surface area contributed by atoms with Crippen molar-refractivity contribution in [2.75, 3.05) is 22.9 Å². The van der Waals surface area contributed by atoms with Gasteiger partial charge in [0, 0.05) is 0 Å². The summed E-state index contributed by atoms with van der Waals surface area (Å²) in [6.45, 7) is 12.2. The summed E-state index contributed by atoms with van der Waals surface area (Å²) in [6.07, 6.45) is 0. The molecule has 0 bridgehead atoms. The molecule has 26 heavy (non-hydrogen) atoms. The molecular formula is C22H26N2O2. The number of amides is 2. The molecule has 1 aliphatic rings. The van der Waals surface area contributed by atoms with Gasteiger partial charge in [-0.25, -0.2) is 0 Å². The van der Waals surface area contributed by atoms with Crippen molar-refractivity contribution in [3.8, 4) is 0 Å². The van der Waals surface area contributed by atoms with Crippen LogP contribution in [0.25, 0.3) is 0 Å². The first-order valence-corrected chi connectivity index (χ1v) is 8.95. The minimum absolute atomic E-state index is 0.0426. The zero-order chi connectivity index (χ0) is 19.2. The molecule has 2 aromatic carbocycles. The Hall–Kier alpha value is -2.62. The fraction of sp³-hybridized carbons (Fsp3) is 0.364. The Morgan fingerprint density at radius 1 is 0.577 bits per heavy atom. The van der Waals surface area contributed by atoms with Crippen LogP contribution in [0.2, 0.25) is 0 Å². The highest BCUT2D eigenvalue weighted by Crippen LogP contribution is 2.31. The van der Waals surface area contributed by atoms with Gasteiger partial charge in [0.05, 0.1) is 11.4 Å². The molecule has 1 fully saturated rings. The van der Waals surface area contributed by atoms with Gasteiger partial charge in [-0.15, -0.1) is 0 Å². The number of rotatable bonds is 2. The maximum absolute atomic E-state index is 12.9. The Morgan fingerprint density at radius 3 is 1.12 bits per heavy atom. The average molecular weight is 350 g/mol. The summed E-state index contributed by atoms with van der Waals surface area (Å²) in [5.74, 6) is -0.0851. The Morgan fingerprint density at radius 2 is 0.846 bits per heavy atom. The molecular weight excluding hydrogens is 324 g/mol. The highest BCUT2D eigenvalue weighted by Gasteiger charge is 2.34. The molecule has 0 N–H and O–H groups in total. The second-order valence-corrected chi connectivity index (χ2v) is 7.45. The summed E-state index contributed by atoms with van der Waals surface area (Å²) in [4.78, 5) is 29.2. The van der Waals surface area contributed by atoms with Crippen molar-refractivity contribution in [2.45, 2.75) is 41.5 Å². The highest BCUT2D eigenvalue weighted by atomic mass is 16.2. The van der Waals surface area contributed by atoms with E-state index in [-0.39, 0.29) is 24.9 Å². The predicted octanol–water partition coefficient (Wildman–Crippen LogP) is 3.92. The molecule has 0 aliphatic carbocycles. The van der Waals surface area contributed by atoms with Gasteiger partial charge in [0.25, 0.3) is 0 Å². The molecule has 0 aromatic heterocycles. The van der Waals surface area contributed by atoms with Gasteiger partial charge >= 0.3 is 0 Å². The Labute approximate surface area is 155 Å². The van der Waals surface area contributed by atoms with Crippen molar-refractivity contribution in [3.05, 3.63) is 57.6 Å². The third-order valence-electron chi connectivity index (χ3n) is 5.00. The van der Waals surface area contributed by atoms with Gasteiger partial charge in [-0.1, -0.05) is 35.4 Å². The van der Waals surface area contributed by atoms with Crippen LogP contribution in [0.15, 0.2) is 24.3 Å². The van der Waals surface area contributed by atoms with Crippen LogP contribution in [-0.2, 0) is 9.59 Å². The van der Waals surface area contributed by atoms with Gasteiger partial charge in [0.2, 0.25) is 11.8 Å². The number of nitrogens with zero attached hydrogens (tertiary/aromatic N) is 2. The molecule has 0 radical (unpaired) electrons. The number of anilines is 2. The van der Waals surface area contributed by atoms with Crippen molar-refractivity contribution in [1.82, 2.24) is 0 Å². The minimum atomic E-state index is -0.0426. The van der Waals surface area contributed by atoms with Gasteiger partial charge in [0.1, 0.15) is 13.1 Å². The predicted molar refractivity (Wildman–Crippen MR) is 106 cm³/mol. The van der Waals surface area contributed by atoms with E-state index in [0.717, 1.165) is 44.8 Å². The fourth-order valence-corrected chi connectivity index (χ4v) is 4.22. The molecule has 0 saturated carbocycles. The van der Waals surface area contributed by atoms with Crippen LogP contribution in [0.3, 0.4) is 0 Å². The monoisotopic (exact) mass is 350 g/mol. The van der Waals surface area contributed by atoms with E-state index in [2.05, 4.69) is 24.3 Å².